The molecule has 1 amide bonds. The summed E-state index contributed by atoms with van der Waals surface area (Å²) in [5.41, 5.74) is 2.73. The van der Waals surface area contributed by atoms with Crippen molar-refractivity contribution in [1.82, 2.24) is 15.4 Å². The molecule has 1 aromatic carbocycles. The van der Waals surface area contributed by atoms with Crippen molar-refractivity contribution < 1.29 is 14.1 Å². The fraction of sp³-hybridized carbons (Fsp3) is 0.565. The highest BCUT2D eigenvalue weighted by Crippen LogP contribution is 2.30. The summed E-state index contributed by atoms with van der Waals surface area (Å²) in [5.74, 6) is 1.70. The number of carbonyl (C=O) groups is 1. The van der Waals surface area contributed by atoms with Gasteiger partial charge in [0.2, 0.25) is 0 Å². The molecule has 0 spiro atoms. The zero-order valence-corrected chi connectivity index (χ0v) is 17.4. The summed E-state index contributed by atoms with van der Waals surface area (Å²) < 4.78 is 11.1. The van der Waals surface area contributed by atoms with E-state index >= 15 is 0 Å². The van der Waals surface area contributed by atoms with Crippen molar-refractivity contribution in [2.24, 2.45) is 5.92 Å². The second-order valence-electron chi connectivity index (χ2n) is 8.42. The van der Waals surface area contributed by atoms with Gasteiger partial charge >= 0.3 is 0 Å². The van der Waals surface area contributed by atoms with Crippen molar-refractivity contribution in [3.05, 3.63) is 46.8 Å². The van der Waals surface area contributed by atoms with Gasteiger partial charge in [-0.05, 0) is 81.8 Å². The van der Waals surface area contributed by atoms with Gasteiger partial charge in [0.05, 0.1) is 0 Å². The Morgan fingerprint density at radius 3 is 2.90 bits per heavy atom. The average molecular weight is 398 g/mol. The average Bonchev–Trinajstić information content (AvgIpc) is 3.22. The minimum absolute atomic E-state index is 0.167. The Balaban J connectivity index is 1.28. The van der Waals surface area contributed by atoms with Crippen LogP contribution in [0.15, 0.2) is 28.8 Å². The Bertz CT molecular complexity index is 846. The molecule has 2 aromatic rings. The summed E-state index contributed by atoms with van der Waals surface area (Å²) in [4.78, 5) is 15.1. The summed E-state index contributed by atoms with van der Waals surface area (Å²) in [5, 5.41) is 7.00. The van der Waals surface area contributed by atoms with E-state index in [4.69, 9.17) is 9.26 Å². The number of ether oxygens (including phenoxy) is 1. The number of hydrogen-bond acceptors (Lipinski definition) is 5. The van der Waals surface area contributed by atoms with Crippen LogP contribution >= 0.6 is 0 Å². The predicted octanol–water partition coefficient (Wildman–Crippen LogP) is 3.86. The van der Waals surface area contributed by atoms with E-state index in [-0.39, 0.29) is 12.5 Å². The molecule has 156 valence electrons. The smallest absolute Gasteiger partial charge is 0.273 e. The molecule has 0 radical (unpaired) electrons. The molecule has 0 bridgehead atoms. The summed E-state index contributed by atoms with van der Waals surface area (Å²) in [7, 11) is 0. The van der Waals surface area contributed by atoms with E-state index < -0.39 is 0 Å². The summed E-state index contributed by atoms with van der Waals surface area (Å²) in [6.07, 6.45) is 6.28. The molecule has 2 saturated heterocycles. The SMILES string of the molecule is Cc1ccc(OCc2cc(C(=O)NC[C@@H]3CCCN4CCCC[C@H]34)no2)cc1C. The number of nitrogens with zero attached hydrogens (tertiary/aromatic N) is 2. The molecule has 0 saturated carbocycles. The fourth-order valence-corrected chi connectivity index (χ4v) is 4.58. The number of fused-ring (bicyclic) bond motifs is 1. The van der Waals surface area contributed by atoms with Crippen LogP contribution in [0.4, 0.5) is 0 Å². The third-order valence-corrected chi connectivity index (χ3v) is 6.40. The molecule has 0 unspecified atom stereocenters. The van der Waals surface area contributed by atoms with E-state index in [1.807, 2.05) is 18.2 Å². The fourth-order valence-electron chi connectivity index (χ4n) is 4.58. The number of nitrogens with one attached hydrogen (secondary N) is 1. The number of piperidine rings is 2. The van der Waals surface area contributed by atoms with Crippen LogP contribution < -0.4 is 10.1 Å². The molecule has 1 N–H and O–H groups in total. The van der Waals surface area contributed by atoms with E-state index in [9.17, 15) is 4.79 Å². The van der Waals surface area contributed by atoms with Crippen molar-refractivity contribution >= 4 is 5.91 Å². The molecule has 2 aliphatic heterocycles. The third-order valence-electron chi connectivity index (χ3n) is 6.40. The van der Waals surface area contributed by atoms with Crippen LogP contribution in [0, 0.1) is 19.8 Å². The van der Waals surface area contributed by atoms with Crippen molar-refractivity contribution in [3.8, 4) is 5.75 Å². The number of aromatic nitrogens is 1. The van der Waals surface area contributed by atoms with Crippen LogP contribution in [0.3, 0.4) is 0 Å². The van der Waals surface area contributed by atoms with Gasteiger partial charge in [-0.2, -0.15) is 0 Å². The van der Waals surface area contributed by atoms with E-state index in [0.717, 1.165) is 5.75 Å². The quantitative estimate of drug-likeness (QED) is 0.802. The van der Waals surface area contributed by atoms with Crippen LogP contribution in [-0.2, 0) is 6.61 Å². The Kier molecular flexibility index (Phi) is 6.19. The lowest BCUT2D eigenvalue weighted by molar-refractivity contribution is 0.0574. The van der Waals surface area contributed by atoms with Crippen LogP contribution in [0.5, 0.6) is 5.75 Å². The molecule has 3 heterocycles. The van der Waals surface area contributed by atoms with Gasteiger partial charge in [0.25, 0.3) is 5.91 Å². The van der Waals surface area contributed by atoms with Gasteiger partial charge in [0.1, 0.15) is 12.4 Å². The largest absolute Gasteiger partial charge is 0.486 e. The van der Waals surface area contributed by atoms with E-state index in [2.05, 4.69) is 29.2 Å². The number of hydrogen-bond donors (Lipinski definition) is 1. The lowest BCUT2D eigenvalue weighted by Crippen LogP contribution is -2.51. The highest BCUT2D eigenvalue weighted by molar-refractivity contribution is 5.92. The Hall–Kier alpha value is -2.34. The van der Waals surface area contributed by atoms with E-state index in [1.165, 1.54) is 56.3 Å². The van der Waals surface area contributed by atoms with Crippen molar-refractivity contribution in [3.63, 3.8) is 0 Å². The number of rotatable bonds is 6. The predicted molar refractivity (Wildman–Crippen MR) is 111 cm³/mol. The first kappa shape index (κ1) is 20.0. The maximum absolute atomic E-state index is 12.5. The van der Waals surface area contributed by atoms with Crippen LogP contribution in [0.25, 0.3) is 0 Å². The summed E-state index contributed by atoms with van der Waals surface area (Å²) in [6, 6.07) is 8.26. The molecule has 2 atom stereocenters. The second kappa shape index (κ2) is 8.99. The van der Waals surface area contributed by atoms with Crippen molar-refractivity contribution in [2.75, 3.05) is 19.6 Å². The van der Waals surface area contributed by atoms with E-state index in [0.29, 0.717) is 30.0 Å². The maximum Gasteiger partial charge on any atom is 0.273 e. The number of amides is 1. The molecule has 2 fully saturated rings. The van der Waals surface area contributed by atoms with Gasteiger partial charge in [-0.3, -0.25) is 4.79 Å². The summed E-state index contributed by atoms with van der Waals surface area (Å²) >= 11 is 0. The minimum Gasteiger partial charge on any atom is -0.486 e. The zero-order valence-electron chi connectivity index (χ0n) is 17.4. The monoisotopic (exact) mass is 397 g/mol. The molecule has 0 aliphatic carbocycles. The number of benzene rings is 1. The van der Waals surface area contributed by atoms with E-state index in [1.54, 1.807) is 6.07 Å². The standard InChI is InChI=1S/C23H31N3O3/c1-16-8-9-19(12-17(16)2)28-15-20-13-21(25-29-20)23(27)24-14-18-6-5-11-26-10-4-3-7-22(18)26/h8-9,12-13,18,22H,3-7,10-11,14-15H2,1-2H3,(H,24,27)/t18-,22+/m0/s1. The lowest BCUT2D eigenvalue weighted by Gasteiger charge is -2.44. The first-order chi connectivity index (χ1) is 14.1. The lowest BCUT2D eigenvalue weighted by atomic mass is 9.83. The Morgan fingerprint density at radius 2 is 2.03 bits per heavy atom. The molecule has 2 aliphatic rings. The van der Waals surface area contributed by atoms with Crippen molar-refractivity contribution in [2.45, 2.75) is 58.6 Å². The molecular weight excluding hydrogens is 366 g/mol. The van der Waals surface area contributed by atoms with Gasteiger partial charge in [0.15, 0.2) is 11.5 Å². The van der Waals surface area contributed by atoms with Gasteiger partial charge in [0, 0.05) is 18.7 Å². The number of carbonyl (C=O) groups excluding carboxylic acids is 1. The Labute approximate surface area is 172 Å². The van der Waals surface area contributed by atoms with Gasteiger partial charge in [-0.1, -0.05) is 17.6 Å². The molecule has 4 rings (SSSR count). The molecule has 1 aromatic heterocycles. The summed E-state index contributed by atoms with van der Waals surface area (Å²) in [6.45, 7) is 7.51. The molecule has 29 heavy (non-hydrogen) atoms. The minimum atomic E-state index is -0.167. The molecule has 6 heteroatoms. The molecular formula is C23H31N3O3. The Morgan fingerprint density at radius 1 is 1.17 bits per heavy atom. The topological polar surface area (TPSA) is 67.6 Å². The van der Waals surface area contributed by atoms with Crippen molar-refractivity contribution in [1.29, 1.82) is 0 Å². The van der Waals surface area contributed by atoms with Crippen LogP contribution in [0.1, 0.15) is 59.5 Å². The zero-order chi connectivity index (χ0) is 20.2. The third kappa shape index (κ3) is 4.81. The maximum atomic E-state index is 12.5. The van der Waals surface area contributed by atoms with Crippen LogP contribution in [-0.4, -0.2) is 41.6 Å². The number of aryl methyl sites for hydroxylation is 2. The first-order valence-electron chi connectivity index (χ1n) is 10.8. The van der Waals surface area contributed by atoms with Gasteiger partial charge in [-0.15, -0.1) is 0 Å². The molecule has 6 nitrogen and oxygen atoms in total. The second-order valence-corrected chi connectivity index (χ2v) is 8.42. The van der Waals surface area contributed by atoms with Gasteiger partial charge in [-0.25, -0.2) is 0 Å². The first-order valence-corrected chi connectivity index (χ1v) is 10.8. The van der Waals surface area contributed by atoms with Crippen LogP contribution in [0.2, 0.25) is 0 Å². The highest BCUT2D eigenvalue weighted by Gasteiger charge is 2.33. The van der Waals surface area contributed by atoms with Gasteiger partial charge < -0.3 is 19.5 Å². The normalized spacial score (nSPS) is 22.1. The highest BCUT2D eigenvalue weighted by atomic mass is 16.5.